The molecule has 184 valence electrons. The number of benzene rings is 2. The van der Waals surface area contributed by atoms with Crippen molar-refractivity contribution in [1.29, 1.82) is 0 Å². The smallest absolute Gasteiger partial charge is 0.219 e. The summed E-state index contributed by atoms with van der Waals surface area (Å²) in [6, 6.07) is 15.7. The minimum atomic E-state index is 0.184. The van der Waals surface area contributed by atoms with Gasteiger partial charge in [-0.3, -0.25) is 4.79 Å². The molecule has 0 radical (unpaired) electrons. The van der Waals surface area contributed by atoms with Crippen LogP contribution in [0.1, 0.15) is 44.9 Å². The minimum absolute atomic E-state index is 0.184. The van der Waals surface area contributed by atoms with Crippen LogP contribution in [0.15, 0.2) is 42.5 Å². The van der Waals surface area contributed by atoms with Gasteiger partial charge in [-0.1, -0.05) is 0 Å². The van der Waals surface area contributed by atoms with Crippen molar-refractivity contribution in [3.05, 3.63) is 42.5 Å². The summed E-state index contributed by atoms with van der Waals surface area (Å²) in [6.07, 6.45) is 6.98. The molecule has 4 N–H and O–H groups in total. The van der Waals surface area contributed by atoms with E-state index in [1.807, 2.05) is 0 Å². The van der Waals surface area contributed by atoms with Crippen molar-refractivity contribution in [2.45, 2.75) is 51.5 Å². The molecule has 0 saturated carbocycles. The molecule has 0 saturated heterocycles. The maximum absolute atomic E-state index is 12.1. The van der Waals surface area contributed by atoms with E-state index in [9.17, 15) is 4.79 Å². The second-order valence-electron chi connectivity index (χ2n) is 9.65. The van der Waals surface area contributed by atoms with Crippen LogP contribution in [0.4, 0.5) is 11.4 Å². The van der Waals surface area contributed by atoms with E-state index < -0.39 is 0 Å². The van der Waals surface area contributed by atoms with Gasteiger partial charge in [0, 0.05) is 81.9 Å². The number of nitrogens with one attached hydrogen (secondary N) is 1. The van der Waals surface area contributed by atoms with Crippen molar-refractivity contribution in [2.24, 2.45) is 0 Å². The Bertz CT molecular complexity index is 1030. The number of carbonyl (C=O) groups is 1. The topological polar surface area (TPSA) is 67.1 Å². The van der Waals surface area contributed by atoms with Crippen LogP contribution in [0.2, 0.25) is 0 Å². The van der Waals surface area contributed by atoms with Crippen LogP contribution in [0.3, 0.4) is 0 Å². The van der Waals surface area contributed by atoms with Gasteiger partial charge in [-0.05, 0) is 62.4 Å². The molecule has 6 nitrogen and oxygen atoms in total. The van der Waals surface area contributed by atoms with Gasteiger partial charge in [-0.15, -0.1) is 0 Å². The van der Waals surface area contributed by atoms with Gasteiger partial charge in [0.05, 0.1) is 6.54 Å². The molecule has 3 rings (SSSR count). The number of aryl methyl sites for hydroxylation is 1. The lowest BCUT2D eigenvalue weighted by molar-refractivity contribution is -0.645. The highest BCUT2D eigenvalue weighted by molar-refractivity contribution is 5.91. The van der Waals surface area contributed by atoms with Crippen LogP contribution in [0.5, 0.6) is 0 Å². The van der Waals surface area contributed by atoms with Crippen LogP contribution in [-0.2, 0) is 11.3 Å². The highest BCUT2D eigenvalue weighted by atomic mass is 16.1. The maximum atomic E-state index is 12.1. The molecule has 1 aromatic heterocycles. The van der Waals surface area contributed by atoms with Crippen LogP contribution >= 0.6 is 0 Å². The number of amides is 1. The molecule has 0 bridgehead atoms. The third kappa shape index (κ3) is 6.83. The first kappa shape index (κ1) is 25.8. The van der Waals surface area contributed by atoms with Crippen LogP contribution < -0.4 is 25.4 Å². The quantitative estimate of drug-likeness (QED) is 0.231. The zero-order chi connectivity index (χ0) is 24.5. The summed E-state index contributed by atoms with van der Waals surface area (Å²) in [5.74, 6) is 0.184. The van der Waals surface area contributed by atoms with E-state index in [1.165, 1.54) is 33.2 Å². The molecule has 1 heterocycles. The Balaban J connectivity index is 1.70. The van der Waals surface area contributed by atoms with Crippen molar-refractivity contribution in [1.82, 2.24) is 5.32 Å². The molecule has 0 unspecified atom stereocenters. The Labute approximate surface area is 204 Å². The molecule has 0 spiro atoms. The van der Waals surface area contributed by atoms with Gasteiger partial charge in [0.1, 0.15) is 6.54 Å². The Morgan fingerprint density at radius 3 is 1.94 bits per heavy atom. The van der Waals surface area contributed by atoms with Crippen molar-refractivity contribution < 1.29 is 15.1 Å². The number of pyridine rings is 1. The first-order valence-electron chi connectivity index (χ1n) is 12.7. The fourth-order valence-corrected chi connectivity index (χ4v) is 4.40. The van der Waals surface area contributed by atoms with Crippen LogP contribution in [0, 0.1) is 0 Å². The standard InChI is InChI=1S/C28H41N5O/c1-31(2)24-14-12-22-19-23-13-15-25(32(3)4)21-27(23)33(26(22)20-24)18-10-5-7-11-28(34)30-17-9-6-8-16-29/h12-15,19-21H,5-11,16-18,29H2,1-4H3/p+2. The molecule has 6 heteroatoms. The summed E-state index contributed by atoms with van der Waals surface area (Å²) < 4.78 is 2.47. The number of carbonyl (C=O) groups excluding carboxylic acids is 1. The number of quaternary nitrogens is 1. The lowest BCUT2D eigenvalue weighted by Crippen LogP contribution is -2.50. The summed E-state index contributed by atoms with van der Waals surface area (Å²) in [5.41, 5.74) is 8.79. The third-order valence-electron chi connectivity index (χ3n) is 6.49. The monoisotopic (exact) mass is 465 g/mol. The molecule has 0 aliphatic carbocycles. The van der Waals surface area contributed by atoms with E-state index in [-0.39, 0.29) is 5.91 Å². The molecule has 1 amide bonds. The van der Waals surface area contributed by atoms with Gasteiger partial charge in [0.2, 0.25) is 16.9 Å². The Morgan fingerprint density at radius 2 is 1.38 bits per heavy atom. The van der Waals surface area contributed by atoms with E-state index in [1.54, 1.807) is 0 Å². The van der Waals surface area contributed by atoms with Crippen molar-refractivity contribution >= 4 is 39.1 Å². The summed E-state index contributed by atoms with van der Waals surface area (Å²) in [7, 11) is 8.34. The van der Waals surface area contributed by atoms with E-state index in [0.29, 0.717) is 6.42 Å². The van der Waals surface area contributed by atoms with Gasteiger partial charge in [0.25, 0.3) is 0 Å². The number of aromatic nitrogens is 1. The van der Waals surface area contributed by atoms with Gasteiger partial charge in [0.15, 0.2) is 0 Å². The van der Waals surface area contributed by atoms with Crippen molar-refractivity contribution in [3.8, 4) is 0 Å². The average Bonchev–Trinajstić information content (AvgIpc) is 2.82. The molecule has 0 aliphatic heterocycles. The first-order chi connectivity index (χ1) is 16.4. The third-order valence-corrected chi connectivity index (χ3v) is 6.49. The number of rotatable bonds is 13. The zero-order valence-corrected chi connectivity index (χ0v) is 21.6. The largest absolute Gasteiger partial charge is 0.377 e. The van der Waals surface area contributed by atoms with E-state index in [0.717, 1.165) is 58.2 Å². The van der Waals surface area contributed by atoms with E-state index >= 15 is 0 Å². The number of fused-ring (bicyclic) bond motifs is 2. The van der Waals surface area contributed by atoms with Gasteiger partial charge in [-0.25, -0.2) is 0 Å². The Morgan fingerprint density at radius 1 is 0.794 bits per heavy atom. The van der Waals surface area contributed by atoms with Gasteiger partial charge >= 0.3 is 0 Å². The minimum Gasteiger partial charge on any atom is -0.377 e. The molecule has 34 heavy (non-hydrogen) atoms. The highest BCUT2D eigenvalue weighted by Crippen LogP contribution is 2.25. The van der Waals surface area contributed by atoms with Crippen molar-refractivity contribution in [3.63, 3.8) is 0 Å². The molecular weight excluding hydrogens is 422 g/mol. The average molecular weight is 466 g/mol. The molecule has 0 aliphatic rings. The second kappa shape index (κ2) is 12.6. The first-order valence-corrected chi connectivity index (χ1v) is 12.7. The zero-order valence-electron chi connectivity index (χ0n) is 21.6. The van der Waals surface area contributed by atoms with E-state index in [4.69, 9.17) is 0 Å². The fourth-order valence-electron chi connectivity index (χ4n) is 4.40. The Kier molecular flexibility index (Phi) is 9.52. The van der Waals surface area contributed by atoms with E-state index in [2.05, 4.69) is 96.1 Å². The normalized spacial score (nSPS) is 11.2. The molecule has 3 aromatic rings. The lowest BCUT2D eigenvalue weighted by Gasteiger charge is -2.15. The predicted octanol–water partition coefficient (Wildman–Crippen LogP) is 3.50. The summed E-state index contributed by atoms with van der Waals surface area (Å²) in [4.78, 5) is 16.4. The summed E-state index contributed by atoms with van der Waals surface area (Å²) in [6.45, 7) is 2.71. The van der Waals surface area contributed by atoms with Gasteiger partial charge in [-0.2, -0.15) is 4.57 Å². The SMILES string of the molecule is CN(C)c1ccc2cc3ccc(N(C)C)cc3[n+](CCCCCC(=O)NCCCCC[NH3+])c2c1. The highest BCUT2D eigenvalue weighted by Gasteiger charge is 2.17. The predicted molar refractivity (Wildman–Crippen MR) is 143 cm³/mol. The second-order valence-corrected chi connectivity index (χ2v) is 9.65. The summed E-state index contributed by atoms with van der Waals surface area (Å²) >= 11 is 0. The Hall–Kier alpha value is -2.86. The number of unbranched alkanes of at least 4 members (excludes halogenated alkanes) is 4. The number of hydrogen-bond acceptors (Lipinski definition) is 3. The van der Waals surface area contributed by atoms with Gasteiger partial charge < -0.3 is 20.9 Å². The molecule has 2 aromatic carbocycles. The van der Waals surface area contributed by atoms with Crippen LogP contribution in [0.25, 0.3) is 21.8 Å². The fraction of sp³-hybridized carbons (Fsp3) is 0.500. The number of hydrogen-bond donors (Lipinski definition) is 2. The van der Waals surface area contributed by atoms with Crippen LogP contribution in [-0.4, -0.2) is 47.2 Å². The summed E-state index contributed by atoms with van der Waals surface area (Å²) in [5, 5.41) is 5.57. The number of nitrogens with zero attached hydrogens (tertiary/aromatic N) is 3. The molecular formula is C28H43N5O+2. The number of anilines is 2. The molecule has 0 fully saturated rings. The lowest BCUT2D eigenvalue weighted by atomic mass is 10.1. The molecule has 0 atom stereocenters. The maximum Gasteiger partial charge on any atom is 0.219 e. The van der Waals surface area contributed by atoms with Crippen molar-refractivity contribution in [2.75, 3.05) is 51.1 Å².